The van der Waals surface area contributed by atoms with E-state index in [4.69, 9.17) is 0 Å². The molecule has 1 aromatic carbocycles. The smallest absolute Gasteiger partial charge is 0.367 e. The van der Waals surface area contributed by atoms with E-state index in [-0.39, 0.29) is 35.1 Å². The van der Waals surface area contributed by atoms with Gasteiger partial charge in [0, 0.05) is 23.7 Å². The number of hydrogen-bond donors (Lipinski definition) is 3. The molecule has 34 heavy (non-hydrogen) atoms. The largest absolute Gasteiger partial charge is 0.433 e. The zero-order chi connectivity index (χ0) is 25.8. The number of aromatic nitrogens is 1. The molecule has 1 heterocycles. The molecule has 1 unspecified atom stereocenters. The summed E-state index contributed by atoms with van der Waals surface area (Å²) >= 11 is 0. The van der Waals surface area contributed by atoms with Gasteiger partial charge in [-0.05, 0) is 43.2 Å². The number of alkyl halides is 3. The van der Waals surface area contributed by atoms with Gasteiger partial charge < -0.3 is 10.6 Å². The standard InChI is InChI=1S/C21H23F5N4O3S/c1-5-11(2)28-19-14(6-7-17(29-19)21(24,25)26)12(3)20(31)27-10-13-8-15(22)18(16(23)9-13)30-34(4,32)33/h6-9,11,30H,3,5,10H2,1-2,4H3,(H,27,31)(H,28,29). The highest BCUT2D eigenvalue weighted by molar-refractivity contribution is 7.92. The Bertz CT molecular complexity index is 1180. The first-order valence-corrected chi connectivity index (χ1v) is 11.8. The molecule has 186 valence electrons. The molecule has 1 amide bonds. The van der Waals surface area contributed by atoms with Gasteiger partial charge in [-0.25, -0.2) is 22.2 Å². The van der Waals surface area contributed by atoms with Gasteiger partial charge in [-0.15, -0.1) is 0 Å². The quantitative estimate of drug-likeness (QED) is 0.348. The van der Waals surface area contributed by atoms with Gasteiger partial charge in [0.15, 0.2) is 11.6 Å². The number of carbonyl (C=O) groups is 1. The van der Waals surface area contributed by atoms with Crippen LogP contribution < -0.4 is 15.4 Å². The summed E-state index contributed by atoms with van der Waals surface area (Å²) in [5.41, 5.74) is -2.24. The summed E-state index contributed by atoms with van der Waals surface area (Å²) in [5, 5.41) is 5.19. The first-order chi connectivity index (χ1) is 15.6. The third-order valence-electron chi connectivity index (χ3n) is 4.62. The third kappa shape index (κ3) is 7.14. The van der Waals surface area contributed by atoms with E-state index in [1.807, 2.05) is 6.92 Å². The summed E-state index contributed by atoms with van der Waals surface area (Å²) in [6.07, 6.45) is -3.40. The molecule has 3 N–H and O–H groups in total. The number of amides is 1. The van der Waals surface area contributed by atoms with E-state index < -0.39 is 45.1 Å². The van der Waals surface area contributed by atoms with Crippen LogP contribution in [-0.2, 0) is 27.5 Å². The summed E-state index contributed by atoms with van der Waals surface area (Å²) in [7, 11) is -3.92. The van der Waals surface area contributed by atoms with Crippen LogP contribution >= 0.6 is 0 Å². The number of rotatable bonds is 9. The summed E-state index contributed by atoms with van der Waals surface area (Å²) in [6.45, 7) is 6.78. The molecule has 1 atom stereocenters. The van der Waals surface area contributed by atoms with Crippen molar-refractivity contribution >= 4 is 33.0 Å². The van der Waals surface area contributed by atoms with E-state index in [2.05, 4.69) is 22.2 Å². The Morgan fingerprint density at radius 1 is 1.18 bits per heavy atom. The number of benzene rings is 1. The fourth-order valence-electron chi connectivity index (χ4n) is 2.73. The highest BCUT2D eigenvalue weighted by Crippen LogP contribution is 2.32. The third-order valence-corrected chi connectivity index (χ3v) is 5.20. The van der Waals surface area contributed by atoms with Crippen molar-refractivity contribution in [3.8, 4) is 0 Å². The van der Waals surface area contributed by atoms with E-state index in [0.29, 0.717) is 12.5 Å². The monoisotopic (exact) mass is 506 g/mol. The van der Waals surface area contributed by atoms with Gasteiger partial charge in [-0.2, -0.15) is 13.2 Å². The Morgan fingerprint density at radius 3 is 2.26 bits per heavy atom. The topological polar surface area (TPSA) is 100 Å². The normalized spacial score (nSPS) is 12.7. The molecule has 0 fully saturated rings. The van der Waals surface area contributed by atoms with E-state index >= 15 is 0 Å². The first kappa shape index (κ1) is 27.0. The van der Waals surface area contributed by atoms with Crippen molar-refractivity contribution in [1.29, 1.82) is 0 Å². The first-order valence-electron chi connectivity index (χ1n) is 9.90. The lowest BCUT2D eigenvalue weighted by Gasteiger charge is -2.18. The molecule has 0 saturated heterocycles. The SMILES string of the molecule is C=C(C(=O)NCc1cc(F)c(NS(C)(=O)=O)c(F)c1)c1ccc(C(F)(F)F)nc1NC(C)CC. The molecule has 0 radical (unpaired) electrons. The Morgan fingerprint density at radius 2 is 1.76 bits per heavy atom. The van der Waals surface area contributed by atoms with Gasteiger partial charge >= 0.3 is 6.18 Å². The molecular formula is C21H23F5N4O3S. The van der Waals surface area contributed by atoms with Gasteiger partial charge in [0.1, 0.15) is 17.2 Å². The van der Waals surface area contributed by atoms with E-state index in [9.17, 15) is 35.2 Å². The van der Waals surface area contributed by atoms with Crippen molar-refractivity contribution in [2.75, 3.05) is 16.3 Å². The minimum absolute atomic E-state index is 0.0239. The fraction of sp³-hybridized carbons (Fsp3) is 0.333. The number of carbonyl (C=O) groups excluding carboxylic acids is 1. The van der Waals surface area contributed by atoms with Crippen molar-refractivity contribution < 1.29 is 35.2 Å². The van der Waals surface area contributed by atoms with Gasteiger partial charge in [0.25, 0.3) is 5.91 Å². The van der Waals surface area contributed by atoms with E-state index in [1.54, 1.807) is 11.6 Å². The summed E-state index contributed by atoms with van der Waals surface area (Å²) in [6, 6.07) is 3.18. The summed E-state index contributed by atoms with van der Waals surface area (Å²) in [5.74, 6) is -3.38. The van der Waals surface area contributed by atoms with Gasteiger partial charge in [0.05, 0.1) is 6.26 Å². The lowest BCUT2D eigenvalue weighted by atomic mass is 10.1. The van der Waals surface area contributed by atoms with Crippen LogP contribution in [0.3, 0.4) is 0 Å². The molecule has 0 spiro atoms. The average molecular weight is 506 g/mol. The van der Waals surface area contributed by atoms with Crippen molar-refractivity contribution in [1.82, 2.24) is 10.3 Å². The molecule has 2 aromatic rings. The molecule has 0 aliphatic rings. The molecule has 2 rings (SSSR count). The minimum atomic E-state index is -4.69. The molecule has 0 aliphatic heterocycles. The number of nitrogens with zero attached hydrogens (tertiary/aromatic N) is 1. The van der Waals surface area contributed by atoms with Crippen molar-refractivity contribution in [2.45, 2.75) is 39.0 Å². The van der Waals surface area contributed by atoms with Crippen LogP contribution in [0.5, 0.6) is 0 Å². The number of nitrogens with one attached hydrogen (secondary N) is 3. The number of hydrogen-bond acceptors (Lipinski definition) is 5. The van der Waals surface area contributed by atoms with Crippen molar-refractivity contribution in [3.63, 3.8) is 0 Å². The Hall–Kier alpha value is -3.22. The molecule has 0 bridgehead atoms. The van der Waals surface area contributed by atoms with Crippen LogP contribution in [0.4, 0.5) is 33.5 Å². The Balaban J connectivity index is 2.23. The molecule has 0 saturated carbocycles. The second-order valence-electron chi connectivity index (χ2n) is 7.51. The van der Waals surface area contributed by atoms with Crippen LogP contribution in [0.15, 0.2) is 30.8 Å². The van der Waals surface area contributed by atoms with Crippen LogP contribution in [0.1, 0.15) is 37.1 Å². The number of halogens is 5. The molecule has 0 aliphatic carbocycles. The molecule has 7 nitrogen and oxygen atoms in total. The maximum Gasteiger partial charge on any atom is 0.433 e. The van der Waals surface area contributed by atoms with Gasteiger partial charge in [0.2, 0.25) is 10.0 Å². The zero-order valence-corrected chi connectivity index (χ0v) is 19.3. The number of pyridine rings is 1. The van der Waals surface area contributed by atoms with Crippen LogP contribution in [0.25, 0.3) is 5.57 Å². The van der Waals surface area contributed by atoms with Crippen LogP contribution in [0, 0.1) is 11.6 Å². The lowest BCUT2D eigenvalue weighted by Crippen LogP contribution is -2.25. The highest BCUT2D eigenvalue weighted by atomic mass is 32.2. The van der Waals surface area contributed by atoms with Gasteiger partial charge in [-0.3, -0.25) is 9.52 Å². The molecule has 13 heteroatoms. The summed E-state index contributed by atoms with van der Waals surface area (Å²) in [4.78, 5) is 16.1. The second kappa shape index (κ2) is 10.4. The van der Waals surface area contributed by atoms with Gasteiger partial charge in [-0.1, -0.05) is 13.5 Å². The fourth-order valence-corrected chi connectivity index (χ4v) is 3.29. The maximum atomic E-state index is 14.1. The Kier molecular flexibility index (Phi) is 8.24. The lowest BCUT2D eigenvalue weighted by molar-refractivity contribution is -0.141. The summed E-state index contributed by atoms with van der Waals surface area (Å²) < 4.78 is 91.7. The van der Waals surface area contributed by atoms with E-state index in [0.717, 1.165) is 24.5 Å². The number of anilines is 2. The predicted octanol–water partition coefficient (Wildman–Crippen LogP) is 4.29. The van der Waals surface area contributed by atoms with Crippen molar-refractivity contribution in [3.05, 3.63) is 59.3 Å². The molecule has 1 aromatic heterocycles. The van der Waals surface area contributed by atoms with Crippen LogP contribution in [0.2, 0.25) is 0 Å². The average Bonchev–Trinajstić information content (AvgIpc) is 2.72. The zero-order valence-electron chi connectivity index (χ0n) is 18.5. The Labute approximate surface area is 193 Å². The van der Waals surface area contributed by atoms with Crippen molar-refractivity contribution in [2.24, 2.45) is 0 Å². The number of sulfonamides is 1. The maximum absolute atomic E-state index is 14.1. The van der Waals surface area contributed by atoms with E-state index in [1.165, 1.54) is 0 Å². The van der Waals surface area contributed by atoms with Crippen LogP contribution in [-0.4, -0.2) is 31.6 Å². The second-order valence-corrected chi connectivity index (χ2v) is 9.26. The highest BCUT2D eigenvalue weighted by Gasteiger charge is 2.33. The molecular weight excluding hydrogens is 483 g/mol. The predicted molar refractivity (Wildman–Crippen MR) is 118 cm³/mol. The minimum Gasteiger partial charge on any atom is -0.367 e.